The van der Waals surface area contributed by atoms with Crippen LogP contribution in [0.2, 0.25) is 0 Å². The highest BCUT2D eigenvalue weighted by molar-refractivity contribution is 6.36. The molecule has 40 heavy (non-hydrogen) atoms. The number of alkyl halides is 2. The minimum absolute atomic E-state index is 0.307. The van der Waals surface area contributed by atoms with Crippen molar-refractivity contribution in [1.29, 1.82) is 0 Å². The average Bonchev–Trinajstić information content (AvgIpc) is 3.24. The fourth-order valence-electron chi connectivity index (χ4n) is 6.41. The first-order valence-electron chi connectivity index (χ1n) is 12.6. The van der Waals surface area contributed by atoms with Crippen LogP contribution in [0.15, 0.2) is 78.9 Å². The molecule has 0 aromatic heterocycles. The lowest BCUT2D eigenvalue weighted by atomic mass is 9.54. The van der Waals surface area contributed by atoms with E-state index in [2.05, 4.69) is 0 Å². The second-order valence-corrected chi connectivity index (χ2v) is 11.3. The lowest BCUT2D eigenvalue weighted by Crippen LogP contribution is -2.57. The van der Waals surface area contributed by atoms with E-state index in [1.165, 1.54) is 0 Å². The van der Waals surface area contributed by atoms with Crippen molar-refractivity contribution in [2.24, 2.45) is 17.6 Å². The molecule has 7 rings (SSSR count). The van der Waals surface area contributed by atoms with E-state index in [0.29, 0.717) is 32.7 Å². The van der Waals surface area contributed by atoms with Crippen LogP contribution in [-0.4, -0.2) is 47.0 Å². The second-order valence-electron chi connectivity index (χ2n) is 10.1. The minimum atomic E-state index is -1.70. The Bertz CT molecular complexity index is 1480. The molecule has 3 amide bonds. The maximum atomic E-state index is 14.1. The van der Waals surface area contributed by atoms with Gasteiger partial charge in [-0.1, -0.05) is 78.9 Å². The number of hydrogen-bond donors (Lipinski definition) is 1. The predicted octanol–water partition coefficient (Wildman–Crippen LogP) is 3.25. The Morgan fingerprint density at radius 1 is 0.775 bits per heavy atom. The molecular weight excluding hydrogens is 555 g/mol. The van der Waals surface area contributed by atoms with E-state index in [1.54, 1.807) is 78.9 Å². The zero-order valence-electron chi connectivity index (χ0n) is 20.9. The highest BCUT2D eigenvalue weighted by atomic mass is 35.5. The lowest BCUT2D eigenvalue weighted by Gasteiger charge is -2.54. The van der Waals surface area contributed by atoms with Crippen LogP contribution in [0.25, 0.3) is 0 Å². The van der Waals surface area contributed by atoms with E-state index in [4.69, 9.17) is 33.7 Å². The third-order valence-corrected chi connectivity index (χ3v) is 9.32. The Morgan fingerprint density at radius 3 is 1.62 bits per heavy atom. The molecule has 2 bridgehead atoms. The van der Waals surface area contributed by atoms with Gasteiger partial charge in [0.15, 0.2) is 12.4 Å². The summed E-state index contributed by atoms with van der Waals surface area (Å²) < 4.78 is 5.22. The Kier molecular flexibility index (Phi) is 6.09. The molecule has 3 aliphatic carbocycles. The largest absolute Gasteiger partial charge is 0.456 e. The molecule has 0 radical (unpaired) electrons. The van der Waals surface area contributed by atoms with E-state index < -0.39 is 70.1 Å². The van der Waals surface area contributed by atoms with E-state index in [0.717, 1.165) is 0 Å². The molecule has 3 atom stereocenters. The molecule has 3 aromatic rings. The lowest BCUT2D eigenvalue weighted by molar-refractivity contribution is -0.159. The highest BCUT2D eigenvalue weighted by Crippen LogP contribution is 2.69. The quantitative estimate of drug-likeness (QED) is 0.199. The maximum absolute atomic E-state index is 14.1. The van der Waals surface area contributed by atoms with Crippen molar-refractivity contribution in [3.05, 3.63) is 107 Å². The van der Waals surface area contributed by atoms with Gasteiger partial charge in [-0.2, -0.15) is 0 Å². The Labute approximate surface area is 239 Å². The van der Waals surface area contributed by atoms with Crippen LogP contribution >= 0.6 is 23.2 Å². The van der Waals surface area contributed by atoms with Crippen molar-refractivity contribution in [3.8, 4) is 0 Å². The summed E-state index contributed by atoms with van der Waals surface area (Å²) >= 11 is 14.8. The third-order valence-electron chi connectivity index (χ3n) is 8.04. The predicted molar refractivity (Wildman–Crippen MR) is 144 cm³/mol. The molecule has 0 spiro atoms. The number of esters is 1. The van der Waals surface area contributed by atoms with Gasteiger partial charge in [-0.25, -0.2) is 4.79 Å². The van der Waals surface area contributed by atoms with Gasteiger partial charge in [0.05, 0.1) is 18.3 Å². The fourth-order valence-corrected chi connectivity index (χ4v) is 7.50. The molecule has 0 saturated carbocycles. The number of rotatable bonds is 7. The Morgan fingerprint density at radius 2 is 1.20 bits per heavy atom. The normalized spacial score (nSPS) is 26.5. The first-order chi connectivity index (χ1) is 19.1. The van der Waals surface area contributed by atoms with Gasteiger partial charge in [-0.15, -0.1) is 23.2 Å². The number of nitrogens with zero attached hydrogens (tertiary/aromatic N) is 1. The number of halogens is 2. The summed E-state index contributed by atoms with van der Waals surface area (Å²) in [5.41, 5.74) is 8.11. The number of ketones is 1. The van der Waals surface area contributed by atoms with Crippen molar-refractivity contribution in [2.75, 3.05) is 6.61 Å². The molecule has 10 heteroatoms. The molecular formula is C30H22Cl2N2O6. The molecule has 1 heterocycles. The van der Waals surface area contributed by atoms with Crippen molar-refractivity contribution in [3.63, 3.8) is 0 Å². The van der Waals surface area contributed by atoms with Gasteiger partial charge < -0.3 is 10.5 Å². The van der Waals surface area contributed by atoms with E-state index in [1.807, 2.05) is 0 Å². The molecule has 4 aliphatic rings. The first-order valence-corrected chi connectivity index (χ1v) is 13.3. The summed E-state index contributed by atoms with van der Waals surface area (Å²) in [6, 6.07) is 20.7. The second kappa shape index (κ2) is 9.28. The van der Waals surface area contributed by atoms with Gasteiger partial charge in [-0.3, -0.25) is 24.1 Å². The number of benzene rings is 3. The monoisotopic (exact) mass is 576 g/mol. The summed E-state index contributed by atoms with van der Waals surface area (Å²) in [6.07, 6.45) is -0.695. The SMILES string of the molecule is NC(=O)C[C@H](C(=O)OCC(=O)c1ccccc1)N1C(=O)[C@@H]2[C@@H](C1=O)C1(Cl)c3ccccc3C2(Cl)c2ccccc21. The average molecular weight is 577 g/mol. The molecule has 1 saturated heterocycles. The van der Waals surface area contributed by atoms with Gasteiger partial charge >= 0.3 is 5.97 Å². The Hall–Kier alpha value is -4.01. The fraction of sp³-hybridized carbons (Fsp3) is 0.233. The summed E-state index contributed by atoms with van der Waals surface area (Å²) in [4.78, 5) is 63.9. The zero-order chi connectivity index (χ0) is 28.4. The number of amides is 3. The molecule has 3 aromatic carbocycles. The molecule has 2 N–H and O–H groups in total. The smallest absolute Gasteiger partial charge is 0.330 e. The highest BCUT2D eigenvalue weighted by Gasteiger charge is 2.73. The molecule has 1 fully saturated rings. The summed E-state index contributed by atoms with van der Waals surface area (Å²) in [5.74, 6) is -6.42. The minimum Gasteiger partial charge on any atom is -0.456 e. The van der Waals surface area contributed by atoms with Crippen LogP contribution in [0.5, 0.6) is 0 Å². The van der Waals surface area contributed by atoms with Gasteiger partial charge in [0, 0.05) is 5.56 Å². The summed E-state index contributed by atoms with van der Waals surface area (Å²) in [7, 11) is 0. The van der Waals surface area contributed by atoms with Crippen LogP contribution in [-0.2, 0) is 33.7 Å². The molecule has 202 valence electrons. The van der Waals surface area contributed by atoms with Gasteiger partial charge in [0.25, 0.3) is 0 Å². The van der Waals surface area contributed by atoms with E-state index in [-0.39, 0.29) is 0 Å². The van der Waals surface area contributed by atoms with Crippen molar-refractivity contribution in [1.82, 2.24) is 4.90 Å². The molecule has 0 unspecified atom stereocenters. The molecule has 8 nitrogen and oxygen atoms in total. The van der Waals surface area contributed by atoms with Gasteiger partial charge in [-0.05, 0) is 22.3 Å². The third kappa shape index (κ3) is 3.49. The first kappa shape index (κ1) is 26.2. The van der Waals surface area contributed by atoms with Crippen LogP contribution < -0.4 is 5.73 Å². The number of primary amides is 1. The van der Waals surface area contributed by atoms with Crippen LogP contribution in [0.4, 0.5) is 0 Å². The topological polar surface area (TPSA) is 124 Å². The van der Waals surface area contributed by atoms with Gasteiger partial charge in [0.2, 0.25) is 17.7 Å². The number of likely N-dealkylation sites (tertiary alicyclic amines) is 1. The number of carbonyl (C=O) groups is 5. The van der Waals surface area contributed by atoms with Crippen molar-refractivity contribution in [2.45, 2.75) is 22.2 Å². The van der Waals surface area contributed by atoms with Crippen molar-refractivity contribution < 1.29 is 28.7 Å². The number of Topliss-reactive ketones (excluding diaryl/α,β-unsaturated/α-hetero) is 1. The maximum Gasteiger partial charge on any atom is 0.330 e. The number of imide groups is 1. The number of carbonyl (C=O) groups excluding carboxylic acids is 5. The summed E-state index contributed by atoms with van der Waals surface area (Å²) in [5, 5.41) is 0. The zero-order valence-corrected chi connectivity index (χ0v) is 22.4. The number of nitrogens with two attached hydrogens (primary N) is 1. The standard InChI is InChI=1S/C30H22Cl2N2O6/c31-29-17-10-4-5-11-18(17)30(32,20-13-7-6-12-19(20)29)25-24(29)26(37)34(27(25)38)21(14-23(33)36)28(39)40-15-22(35)16-8-2-1-3-9-16/h1-13,21,24-25H,14-15H2,(H2,33,36)/t21-,24+,25+,29?,30?/m1/s1. The van der Waals surface area contributed by atoms with Crippen LogP contribution in [0, 0.1) is 11.8 Å². The van der Waals surface area contributed by atoms with Gasteiger partial charge in [0.1, 0.15) is 15.8 Å². The summed E-state index contributed by atoms with van der Waals surface area (Å²) in [6.45, 7) is -0.656. The van der Waals surface area contributed by atoms with Crippen molar-refractivity contribution >= 4 is 52.7 Å². The Balaban J connectivity index is 1.40. The van der Waals surface area contributed by atoms with E-state index >= 15 is 0 Å². The molecule has 1 aliphatic heterocycles. The number of hydrogen-bond acceptors (Lipinski definition) is 6. The van der Waals surface area contributed by atoms with E-state index in [9.17, 15) is 24.0 Å². The van der Waals surface area contributed by atoms with Crippen LogP contribution in [0.1, 0.15) is 39.0 Å². The number of ether oxygens (including phenoxy) is 1. The van der Waals surface area contributed by atoms with Crippen LogP contribution in [0.3, 0.4) is 0 Å².